The molecule has 1 rings (SSSR count). The summed E-state index contributed by atoms with van der Waals surface area (Å²) in [5.41, 5.74) is 0. The van der Waals surface area contributed by atoms with Crippen molar-refractivity contribution >= 4 is 5.97 Å². The van der Waals surface area contributed by atoms with Gasteiger partial charge in [0.2, 0.25) is 0 Å². The van der Waals surface area contributed by atoms with E-state index in [9.17, 15) is 4.79 Å². The quantitative estimate of drug-likeness (QED) is 0.0266. The fourth-order valence-electron chi connectivity index (χ4n) is 7.05. The summed E-state index contributed by atoms with van der Waals surface area (Å²) in [6.45, 7) is 14.7. The molecule has 1 aliphatic heterocycles. The van der Waals surface area contributed by atoms with Crippen LogP contribution in [0, 0.1) is 0 Å². The molecule has 54 heavy (non-hydrogen) atoms. The molecule has 1 fully saturated rings. The fourth-order valence-corrected chi connectivity index (χ4v) is 7.05. The van der Waals surface area contributed by atoms with Gasteiger partial charge in [0.15, 0.2) is 12.6 Å². The number of esters is 1. The maximum atomic E-state index is 12.8. The van der Waals surface area contributed by atoms with Crippen molar-refractivity contribution in [1.29, 1.82) is 0 Å². The normalized spacial score (nSPS) is 15.5. The van der Waals surface area contributed by atoms with Crippen LogP contribution in [0.4, 0.5) is 0 Å². The van der Waals surface area contributed by atoms with E-state index >= 15 is 0 Å². The Hall–Kier alpha value is -1.25. The van der Waals surface area contributed by atoms with Gasteiger partial charge in [0.25, 0.3) is 0 Å². The molecule has 2 atom stereocenters. The Labute approximate surface area is 335 Å². The van der Waals surface area contributed by atoms with Gasteiger partial charge in [-0.05, 0) is 117 Å². The molecular weight excluding hydrogens is 675 g/mol. The van der Waals surface area contributed by atoms with E-state index in [1.54, 1.807) is 0 Å². The molecule has 0 aromatic carbocycles. The molecule has 0 saturated carbocycles. The van der Waals surface area contributed by atoms with Gasteiger partial charge in [0.05, 0.1) is 13.2 Å². The van der Waals surface area contributed by atoms with Crippen molar-refractivity contribution < 1.29 is 28.5 Å². The fraction of sp³-hybridized carbons (Fsp3) is 0.894. The highest BCUT2D eigenvalue weighted by molar-refractivity contribution is 5.69. The molecule has 0 radical (unpaired) electrons. The standard InChI is InChI=1S/C47H89NO6/c1-5-7-9-11-15-21-29-40-50-44(3)52-42-31-23-17-13-19-25-34-46(54-47(49)36-33-39-48-37-27-28-38-48)35-26-20-14-18-24-32-43-53-45(4)51-41-30-22-16-12-10-8-6-2/h21-22,29-30,44-46H,5-20,23-28,31-43H2,1-4H3. The molecule has 7 heteroatoms. The first-order chi connectivity index (χ1) is 26.5. The first-order valence-electron chi connectivity index (χ1n) is 23.2. The van der Waals surface area contributed by atoms with Gasteiger partial charge in [0.1, 0.15) is 6.10 Å². The highest BCUT2D eigenvalue weighted by Gasteiger charge is 2.16. The molecule has 1 saturated heterocycles. The number of carbonyl (C=O) groups excluding carboxylic acids is 1. The number of ether oxygens (including phenoxy) is 5. The summed E-state index contributed by atoms with van der Waals surface area (Å²) >= 11 is 0. The van der Waals surface area contributed by atoms with E-state index in [4.69, 9.17) is 23.7 Å². The molecule has 1 heterocycles. The van der Waals surface area contributed by atoms with Gasteiger partial charge in [0, 0.05) is 19.6 Å². The second kappa shape index (κ2) is 40.0. The number of unbranched alkanes of at least 4 members (excludes halogenated alkanes) is 18. The number of hydrogen-bond acceptors (Lipinski definition) is 7. The Bertz CT molecular complexity index is 794. The third-order valence-electron chi connectivity index (χ3n) is 10.5. The highest BCUT2D eigenvalue weighted by Crippen LogP contribution is 2.18. The minimum absolute atomic E-state index is 0.00692. The Morgan fingerprint density at radius 3 is 1.46 bits per heavy atom. The number of hydrogen-bond donors (Lipinski definition) is 0. The van der Waals surface area contributed by atoms with Crippen LogP contribution in [0.3, 0.4) is 0 Å². The third-order valence-corrected chi connectivity index (χ3v) is 10.5. The first kappa shape index (κ1) is 50.8. The first-order valence-corrected chi connectivity index (χ1v) is 23.2. The molecule has 7 nitrogen and oxygen atoms in total. The largest absolute Gasteiger partial charge is 0.462 e. The minimum atomic E-state index is -0.147. The van der Waals surface area contributed by atoms with E-state index in [2.05, 4.69) is 43.1 Å². The number of rotatable bonds is 41. The lowest BCUT2D eigenvalue weighted by molar-refractivity contribution is -0.150. The SMILES string of the molecule is CCCCCCC=CCOC(C)OCCCCCCCCC(CCCCCCCCOC(C)OCC=CCCCCCC)OC(=O)CCCN1CCCC1. The van der Waals surface area contributed by atoms with Crippen LogP contribution in [-0.2, 0) is 28.5 Å². The lowest BCUT2D eigenvalue weighted by atomic mass is 10.0. The Balaban J connectivity index is 2.14. The molecule has 0 aliphatic carbocycles. The summed E-state index contributed by atoms with van der Waals surface area (Å²) in [5.74, 6) is 0.00692. The zero-order valence-electron chi connectivity index (χ0n) is 36.2. The Morgan fingerprint density at radius 1 is 0.537 bits per heavy atom. The summed E-state index contributed by atoms with van der Waals surface area (Å²) in [6, 6.07) is 0. The molecule has 0 bridgehead atoms. The summed E-state index contributed by atoms with van der Waals surface area (Å²) in [4.78, 5) is 15.3. The Kier molecular flexibility index (Phi) is 37.6. The molecular formula is C47H89NO6. The zero-order chi connectivity index (χ0) is 39.0. The molecule has 2 unspecified atom stereocenters. The maximum Gasteiger partial charge on any atom is 0.306 e. The van der Waals surface area contributed by atoms with Crippen LogP contribution in [0.2, 0.25) is 0 Å². The van der Waals surface area contributed by atoms with E-state index in [0.29, 0.717) is 19.6 Å². The topological polar surface area (TPSA) is 66.5 Å². The van der Waals surface area contributed by atoms with Crippen molar-refractivity contribution in [2.75, 3.05) is 46.1 Å². The van der Waals surface area contributed by atoms with Crippen molar-refractivity contribution in [3.05, 3.63) is 24.3 Å². The lowest BCUT2D eigenvalue weighted by Crippen LogP contribution is -2.23. The maximum absolute atomic E-state index is 12.8. The van der Waals surface area contributed by atoms with Gasteiger partial charge in [-0.3, -0.25) is 4.79 Å². The van der Waals surface area contributed by atoms with Crippen LogP contribution < -0.4 is 0 Å². The monoisotopic (exact) mass is 764 g/mol. The third kappa shape index (κ3) is 35.2. The molecule has 0 amide bonds. The van der Waals surface area contributed by atoms with E-state index in [1.165, 1.54) is 129 Å². The second-order valence-electron chi connectivity index (χ2n) is 15.8. The average molecular weight is 764 g/mol. The zero-order valence-corrected chi connectivity index (χ0v) is 36.2. The van der Waals surface area contributed by atoms with Crippen LogP contribution in [0.5, 0.6) is 0 Å². The van der Waals surface area contributed by atoms with Crippen LogP contribution in [0.25, 0.3) is 0 Å². The van der Waals surface area contributed by atoms with Gasteiger partial charge < -0.3 is 28.6 Å². The van der Waals surface area contributed by atoms with E-state index in [0.717, 1.165) is 77.5 Å². The van der Waals surface area contributed by atoms with Crippen molar-refractivity contribution in [2.24, 2.45) is 0 Å². The van der Waals surface area contributed by atoms with Crippen molar-refractivity contribution in [3.8, 4) is 0 Å². The Morgan fingerprint density at radius 2 is 0.981 bits per heavy atom. The number of likely N-dealkylation sites (tertiary alicyclic amines) is 1. The number of nitrogens with zero attached hydrogens (tertiary/aromatic N) is 1. The van der Waals surface area contributed by atoms with Crippen LogP contribution in [0.15, 0.2) is 24.3 Å². The molecule has 0 aromatic rings. The van der Waals surface area contributed by atoms with Gasteiger partial charge >= 0.3 is 5.97 Å². The van der Waals surface area contributed by atoms with E-state index in [-0.39, 0.29) is 24.7 Å². The number of carbonyl (C=O) groups is 1. The molecule has 0 spiro atoms. The second-order valence-corrected chi connectivity index (χ2v) is 15.8. The highest BCUT2D eigenvalue weighted by atomic mass is 16.7. The van der Waals surface area contributed by atoms with Crippen LogP contribution in [0.1, 0.15) is 207 Å². The minimum Gasteiger partial charge on any atom is -0.462 e. The van der Waals surface area contributed by atoms with Gasteiger partial charge in [-0.1, -0.05) is 128 Å². The van der Waals surface area contributed by atoms with E-state index in [1.807, 2.05) is 13.8 Å². The van der Waals surface area contributed by atoms with Crippen LogP contribution in [-0.4, -0.2) is 75.6 Å². The molecule has 0 aromatic heterocycles. The smallest absolute Gasteiger partial charge is 0.306 e. The van der Waals surface area contributed by atoms with Crippen molar-refractivity contribution in [2.45, 2.75) is 226 Å². The van der Waals surface area contributed by atoms with Crippen molar-refractivity contribution in [1.82, 2.24) is 4.90 Å². The van der Waals surface area contributed by atoms with Gasteiger partial charge in [-0.15, -0.1) is 0 Å². The summed E-state index contributed by atoms with van der Waals surface area (Å²) in [5, 5.41) is 0. The summed E-state index contributed by atoms with van der Waals surface area (Å²) in [6.07, 6.45) is 41.4. The van der Waals surface area contributed by atoms with Gasteiger partial charge in [-0.2, -0.15) is 0 Å². The summed E-state index contributed by atoms with van der Waals surface area (Å²) < 4.78 is 29.3. The molecule has 0 N–H and O–H groups in total. The lowest BCUT2D eigenvalue weighted by Gasteiger charge is -2.19. The van der Waals surface area contributed by atoms with Crippen LogP contribution >= 0.6 is 0 Å². The van der Waals surface area contributed by atoms with E-state index < -0.39 is 0 Å². The predicted octanol–water partition coefficient (Wildman–Crippen LogP) is 13.0. The predicted molar refractivity (Wildman–Crippen MR) is 228 cm³/mol. The molecule has 318 valence electrons. The number of allylic oxidation sites excluding steroid dienone is 2. The van der Waals surface area contributed by atoms with Gasteiger partial charge in [-0.25, -0.2) is 0 Å². The average Bonchev–Trinajstić information content (AvgIpc) is 3.69. The summed E-state index contributed by atoms with van der Waals surface area (Å²) in [7, 11) is 0. The van der Waals surface area contributed by atoms with Crippen molar-refractivity contribution in [3.63, 3.8) is 0 Å². The molecule has 1 aliphatic rings.